The Bertz CT molecular complexity index is 1120. The van der Waals surface area contributed by atoms with Crippen LogP contribution in [0.15, 0.2) is 51.7 Å². The minimum Gasteiger partial charge on any atom is -0.508 e. The fourth-order valence-corrected chi connectivity index (χ4v) is 3.80. The Hall–Kier alpha value is -3.12. The molecule has 1 aromatic heterocycles. The third-order valence-corrected chi connectivity index (χ3v) is 5.67. The molecule has 2 aromatic carbocycles. The van der Waals surface area contributed by atoms with Crippen molar-refractivity contribution in [2.75, 3.05) is 20.1 Å². The zero-order valence-electron chi connectivity index (χ0n) is 17.2. The Morgan fingerprint density at radius 2 is 1.87 bits per heavy atom. The summed E-state index contributed by atoms with van der Waals surface area (Å²) in [4.78, 5) is 27.3. The van der Waals surface area contributed by atoms with E-state index < -0.39 is 5.63 Å². The van der Waals surface area contributed by atoms with Crippen LogP contribution in [0.1, 0.15) is 34.3 Å². The second-order valence-corrected chi connectivity index (χ2v) is 7.93. The second kappa shape index (κ2) is 8.32. The van der Waals surface area contributed by atoms with Crippen molar-refractivity contribution < 1.29 is 19.1 Å². The molecule has 1 fully saturated rings. The van der Waals surface area contributed by atoms with Gasteiger partial charge in [0.25, 0.3) is 0 Å². The third kappa shape index (κ3) is 4.24. The molecule has 0 bridgehead atoms. The average Bonchev–Trinajstić information content (AvgIpc) is 2.73. The molecule has 1 aliphatic heterocycles. The molecule has 6 nitrogen and oxygen atoms in total. The van der Waals surface area contributed by atoms with E-state index in [1.54, 1.807) is 6.07 Å². The van der Waals surface area contributed by atoms with Crippen LogP contribution >= 0.6 is 0 Å². The van der Waals surface area contributed by atoms with Gasteiger partial charge in [-0.15, -0.1) is 0 Å². The topological polar surface area (TPSA) is 80.0 Å². The first-order valence-electron chi connectivity index (χ1n) is 10.1. The Morgan fingerprint density at radius 1 is 1.17 bits per heavy atom. The molecule has 0 radical (unpaired) electrons. The molecular formula is C24H25NO5. The molecule has 0 saturated carbocycles. The van der Waals surface area contributed by atoms with Gasteiger partial charge in [0, 0.05) is 41.6 Å². The number of fused-ring (bicyclic) bond motifs is 1. The van der Waals surface area contributed by atoms with Crippen molar-refractivity contribution in [3.05, 3.63) is 69.6 Å². The van der Waals surface area contributed by atoms with E-state index >= 15 is 0 Å². The van der Waals surface area contributed by atoms with E-state index in [2.05, 4.69) is 11.9 Å². The Morgan fingerprint density at radius 3 is 2.57 bits per heavy atom. The maximum Gasteiger partial charge on any atom is 0.339 e. The molecule has 6 heteroatoms. The molecule has 0 amide bonds. The average molecular weight is 407 g/mol. The van der Waals surface area contributed by atoms with Crippen molar-refractivity contribution >= 4 is 16.8 Å². The van der Waals surface area contributed by atoms with E-state index in [1.807, 2.05) is 19.1 Å². The van der Waals surface area contributed by atoms with Crippen molar-refractivity contribution in [1.29, 1.82) is 0 Å². The SMILES string of the molecule is Cc1c(OC2CCN(C)CC2)ccc2cc(CC(=O)c3ccc(O)cc3)c(=O)oc12. The molecule has 0 atom stereocenters. The Kier molecular flexibility index (Phi) is 5.59. The highest BCUT2D eigenvalue weighted by Gasteiger charge is 2.20. The van der Waals surface area contributed by atoms with E-state index in [1.165, 1.54) is 24.3 Å². The summed E-state index contributed by atoms with van der Waals surface area (Å²) in [5.41, 5.74) is 1.51. The number of carbonyl (C=O) groups excluding carboxylic acids is 1. The lowest BCUT2D eigenvalue weighted by Crippen LogP contribution is -2.35. The molecular weight excluding hydrogens is 382 g/mol. The van der Waals surface area contributed by atoms with Gasteiger partial charge in [-0.2, -0.15) is 0 Å². The molecule has 30 heavy (non-hydrogen) atoms. The molecule has 156 valence electrons. The summed E-state index contributed by atoms with van der Waals surface area (Å²) in [6.45, 7) is 3.90. The second-order valence-electron chi connectivity index (χ2n) is 7.93. The van der Waals surface area contributed by atoms with Gasteiger partial charge in [0.2, 0.25) is 0 Å². The van der Waals surface area contributed by atoms with E-state index in [0.29, 0.717) is 16.7 Å². The van der Waals surface area contributed by atoms with Crippen LogP contribution in [0, 0.1) is 6.92 Å². The van der Waals surface area contributed by atoms with E-state index in [-0.39, 0.29) is 24.1 Å². The van der Waals surface area contributed by atoms with Crippen molar-refractivity contribution in [2.24, 2.45) is 0 Å². The first-order valence-corrected chi connectivity index (χ1v) is 10.1. The van der Waals surface area contributed by atoms with Gasteiger partial charge in [0.1, 0.15) is 23.2 Å². The van der Waals surface area contributed by atoms with Crippen molar-refractivity contribution in [1.82, 2.24) is 4.90 Å². The number of likely N-dealkylation sites (tertiary alicyclic amines) is 1. The number of rotatable bonds is 5. The highest BCUT2D eigenvalue weighted by Crippen LogP contribution is 2.29. The number of piperidine rings is 1. The maximum atomic E-state index is 12.5. The number of phenolic OH excluding ortho intramolecular Hbond substituents is 1. The van der Waals surface area contributed by atoms with Crippen molar-refractivity contribution in [2.45, 2.75) is 32.3 Å². The number of phenols is 1. The van der Waals surface area contributed by atoms with Gasteiger partial charge in [-0.05, 0) is 69.3 Å². The number of Topliss-reactive ketones (excluding diaryl/α,β-unsaturated/α-hetero) is 1. The largest absolute Gasteiger partial charge is 0.508 e. The summed E-state index contributed by atoms with van der Waals surface area (Å²) < 4.78 is 11.8. The molecule has 1 N–H and O–H groups in total. The number of ketones is 1. The molecule has 2 heterocycles. The zero-order chi connectivity index (χ0) is 21.3. The quantitative estimate of drug-likeness (QED) is 0.513. The minimum atomic E-state index is -0.519. The van der Waals surface area contributed by atoms with Crippen LogP contribution in [-0.2, 0) is 6.42 Å². The number of benzene rings is 2. The highest BCUT2D eigenvalue weighted by molar-refractivity contribution is 5.98. The summed E-state index contributed by atoms with van der Waals surface area (Å²) in [6, 6.07) is 11.5. The van der Waals surface area contributed by atoms with E-state index in [4.69, 9.17) is 9.15 Å². The lowest BCUT2D eigenvalue weighted by molar-refractivity contribution is 0.0992. The van der Waals surface area contributed by atoms with Gasteiger partial charge in [-0.1, -0.05) is 0 Å². The molecule has 3 aromatic rings. The fourth-order valence-electron chi connectivity index (χ4n) is 3.80. The number of hydrogen-bond donors (Lipinski definition) is 1. The first kappa shape index (κ1) is 20.2. The molecule has 1 aliphatic rings. The fraction of sp³-hybridized carbons (Fsp3) is 0.333. The lowest BCUT2D eigenvalue weighted by Gasteiger charge is -2.29. The first-order chi connectivity index (χ1) is 14.4. The van der Waals surface area contributed by atoms with Crippen LogP contribution in [0.3, 0.4) is 0 Å². The normalized spacial score (nSPS) is 15.4. The predicted molar refractivity (Wildman–Crippen MR) is 115 cm³/mol. The number of aryl methyl sites for hydroxylation is 1. The summed E-state index contributed by atoms with van der Waals surface area (Å²) in [5.74, 6) is 0.610. The number of carbonyl (C=O) groups is 1. The molecule has 0 unspecified atom stereocenters. The van der Waals surface area contributed by atoms with Crippen LogP contribution in [0.25, 0.3) is 11.0 Å². The number of ether oxygens (including phenoxy) is 1. The molecule has 4 rings (SSSR count). The number of nitrogens with zero attached hydrogens (tertiary/aromatic N) is 1. The monoisotopic (exact) mass is 407 g/mol. The lowest BCUT2D eigenvalue weighted by atomic mass is 10.0. The van der Waals surface area contributed by atoms with E-state index in [0.717, 1.165) is 42.6 Å². The summed E-state index contributed by atoms with van der Waals surface area (Å²) in [6.07, 6.45) is 2.04. The zero-order valence-corrected chi connectivity index (χ0v) is 17.2. The van der Waals surface area contributed by atoms with Crippen LogP contribution in [0.5, 0.6) is 11.5 Å². The van der Waals surface area contributed by atoms with Gasteiger partial charge in [-0.25, -0.2) is 4.79 Å². The Labute approximate surface area is 174 Å². The number of aromatic hydroxyl groups is 1. The standard InChI is InChI=1S/C24H25NO5/c1-15-22(29-20-9-11-25(2)12-10-20)8-5-17-13-18(24(28)30-23(15)17)14-21(27)16-3-6-19(26)7-4-16/h3-8,13,20,26H,9-12,14H2,1-2H3. The number of hydrogen-bond acceptors (Lipinski definition) is 6. The molecule has 0 aliphatic carbocycles. The molecule has 1 saturated heterocycles. The summed E-state index contributed by atoms with van der Waals surface area (Å²) in [5, 5.41) is 10.1. The van der Waals surface area contributed by atoms with Crippen LogP contribution in [-0.4, -0.2) is 42.0 Å². The van der Waals surface area contributed by atoms with Crippen molar-refractivity contribution in [3.63, 3.8) is 0 Å². The van der Waals surface area contributed by atoms with Gasteiger partial charge in [0.15, 0.2) is 5.78 Å². The van der Waals surface area contributed by atoms with Gasteiger partial charge in [0.05, 0.1) is 0 Å². The van der Waals surface area contributed by atoms with E-state index in [9.17, 15) is 14.7 Å². The van der Waals surface area contributed by atoms with Crippen molar-refractivity contribution in [3.8, 4) is 11.5 Å². The van der Waals surface area contributed by atoms with Gasteiger partial charge in [-0.3, -0.25) is 4.79 Å². The maximum absolute atomic E-state index is 12.5. The van der Waals surface area contributed by atoms with Gasteiger partial charge >= 0.3 is 5.63 Å². The highest BCUT2D eigenvalue weighted by atomic mass is 16.5. The van der Waals surface area contributed by atoms with Gasteiger partial charge < -0.3 is 19.2 Å². The predicted octanol–water partition coefficient (Wildman–Crippen LogP) is 3.71. The minimum absolute atomic E-state index is 0.0596. The molecule has 0 spiro atoms. The smallest absolute Gasteiger partial charge is 0.339 e. The van der Waals surface area contributed by atoms with Crippen LogP contribution in [0.2, 0.25) is 0 Å². The van der Waals surface area contributed by atoms with Crippen LogP contribution < -0.4 is 10.4 Å². The third-order valence-electron chi connectivity index (χ3n) is 5.67. The van der Waals surface area contributed by atoms with Crippen LogP contribution in [0.4, 0.5) is 0 Å². The Balaban J connectivity index is 1.57. The summed E-state index contributed by atoms with van der Waals surface area (Å²) >= 11 is 0. The summed E-state index contributed by atoms with van der Waals surface area (Å²) in [7, 11) is 2.11.